The number of carbonyl (C=O) groups excluding carboxylic acids is 2. The van der Waals surface area contributed by atoms with Crippen LogP contribution in [0, 0.1) is 0 Å². The molecule has 196 valence electrons. The minimum absolute atomic E-state index is 0.103. The molecular formula is C27H37N3O4S2. The van der Waals surface area contributed by atoms with Crippen LogP contribution in [0.3, 0.4) is 0 Å². The molecule has 2 saturated heterocycles. The second-order valence-electron chi connectivity index (χ2n) is 9.40. The second kappa shape index (κ2) is 13.5. The van der Waals surface area contributed by atoms with Crippen LogP contribution in [0.15, 0.2) is 36.4 Å². The maximum Gasteiger partial charge on any atom is 0.319 e. The Morgan fingerprint density at radius 3 is 2.86 bits per heavy atom. The van der Waals surface area contributed by atoms with E-state index < -0.39 is 0 Å². The molecule has 0 saturated carbocycles. The van der Waals surface area contributed by atoms with Crippen molar-refractivity contribution >= 4 is 40.7 Å². The number of hydrogen-bond donors (Lipinski definition) is 3. The Hall–Kier alpha value is -2.07. The average molecular weight is 532 g/mol. The minimum Gasteiger partial charge on any atom is -0.350 e. The quantitative estimate of drug-likeness (QED) is 0.243. The van der Waals surface area contributed by atoms with Gasteiger partial charge in [0.15, 0.2) is 6.29 Å². The van der Waals surface area contributed by atoms with Crippen molar-refractivity contribution < 1.29 is 19.2 Å². The molecule has 2 aliphatic heterocycles. The maximum absolute atomic E-state index is 12.9. The molecule has 0 aliphatic carbocycles. The summed E-state index contributed by atoms with van der Waals surface area (Å²) in [6.45, 7) is 3.45. The fraction of sp³-hybridized carbons (Fsp3) is 0.556. The molecular weight excluding hydrogens is 494 g/mol. The maximum atomic E-state index is 12.9. The normalized spacial score (nSPS) is 22.1. The zero-order valence-electron chi connectivity index (χ0n) is 21.0. The third-order valence-corrected chi connectivity index (χ3v) is 9.60. The van der Waals surface area contributed by atoms with Gasteiger partial charge in [0.2, 0.25) is 5.91 Å². The molecule has 7 nitrogen and oxygen atoms in total. The zero-order chi connectivity index (χ0) is 25.2. The fourth-order valence-corrected chi connectivity index (χ4v) is 7.43. The number of thioether (sulfide) groups is 1. The van der Waals surface area contributed by atoms with E-state index in [-0.39, 0.29) is 23.0 Å². The molecule has 1 aromatic heterocycles. The number of unbranched alkanes of at least 4 members (excludes halogenated alkanes) is 1. The summed E-state index contributed by atoms with van der Waals surface area (Å²) in [5.41, 5.74) is 4.47. The predicted molar refractivity (Wildman–Crippen MR) is 147 cm³/mol. The van der Waals surface area contributed by atoms with Gasteiger partial charge >= 0.3 is 6.03 Å². The lowest BCUT2D eigenvalue weighted by atomic mass is 9.94. The van der Waals surface area contributed by atoms with Crippen LogP contribution in [-0.4, -0.2) is 37.1 Å². The van der Waals surface area contributed by atoms with E-state index in [0.29, 0.717) is 19.6 Å². The lowest BCUT2D eigenvalue weighted by Gasteiger charge is -2.35. The molecule has 0 bridgehead atoms. The summed E-state index contributed by atoms with van der Waals surface area (Å²) in [6.07, 6.45) is 8.18. The zero-order valence-corrected chi connectivity index (χ0v) is 22.6. The number of nitrogens with one attached hydrogen (secondary N) is 3. The van der Waals surface area contributed by atoms with E-state index in [9.17, 15) is 9.59 Å². The summed E-state index contributed by atoms with van der Waals surface area (Å²) in [4.78, 5) is 33.0. The van der Waals surface area contributed by atoms with Crippen LogP contribution >= 0.6 is 23.1 Å². The van der Waals surface area contributed by atoms with Crippen molar-refractivity contribution in [1.29, 1.82) is 0 Å². The van der Waals surface area contributed by atoms with Gasteiger partial charge in [0.05, 0.1) is 4.75 Å². The van der Waals surface area contributed by atoms with Gasteiger partial charge in [0, 0.05) is 41.4 Å². The smallest absolute Gasteiger partial charge is 0.319 e. The average Bonchev–Trinajstić information content (AvgIpc) is 3.40. The summed E-state index contributed by atoms with van der Waals surface area (Å²) in [5.74, 6) is 0.938. The van der Waals surface area contributed by atoms with Crippen LogP contribution in [0.2, 0.25) is 0 Å². The van der Waals surface area contributed by atoms with Gasteiger partial charge in [0.25, 0.3) is 0 Å². The number of carbonyl (C=O) groups is 2. The summed E-state index contributed by atoms with van der Waals surface area (Å²) in [5, 5.41) is 5.82. The number of urea groups is 1. The van der Waals surface area contributed by atoms with Gasteiger partial charge in [-0.15, -0.1) is 23.1 Å². The van der Waals surface area contributed by atoms with E-state index in [4.69, 9.17) is 9.57 Å². The second-order valence-corrected chi connectivity index (χ2v) is 12.0. The number of thiophene rings is 1. The van der Waals surface area contributed by atoms with Crippen molar-refractivity contribution in [3.8, 4) is 10.4 Å². The molecule has 3 N–H and O–H groups in total. The SMILES string of the molecule is CCCCNC(=O)Nc1cccc(-c2ccc([C@@]3(CC(=O)NOC4CCCCO4)CCCCS3)s2)c1. The number of ether oxygens (including phenoxy) is 1. The van der Waals surface area contributed by atoms with Gasteiger partial charge in [-0.05, 0) is 67.7 Å². The molecule has 9 heteroatoms. The molecule has 36 heavy (non-hydrogen) atoms. The molecule has 1 unspecified atom stereocenters. The van der Waals surface area contributed by atoms with Crippen LogP contribution in [-0.2, 0) is 19.1 Å². The van der Waals surface area contributed by atoms with E-state index in [1.807, 2.05) is 30.0 Å². The highest BCUT2D eigenvalue weighted by Crippen LogP contribution is 2.51. The van der Waals surface area contributed by atoms with Gasteiger partial charge in [-0.25, -0.2) is 15.1 Å². The third-order valence-electron chi connectivity index (χ3n) is 6.52. The van der Waals surface area contributed by atoms with E-state index >= 15 is 0 Å². The van der Waals surface area contributed by atoms with Crippen molar-refractivity contribution in [1.82, 2.24) is 10.8 Å². The van der Waals surface area contributed by atoms with Crippen LogP contribution in [0.25, 0.3) is 10.4 Å². The molecule has 2 aliphatic rings. The van der Waals surface area contributed by atoms with Crippen LogP contribution < -0.4 is 16.1 Å². The Bertz CT molecular complexity index is 1000. The Balaban J connectivity index is 1.42. The van der Waals surface area contributed by atoms with E-state index in [1.165, 1.54) is 11.3 Å². The van der Waals surface area contributed by atoms with Gasteiger partial charge in [0.1, 0.15) is 0 Å². The molecule has 3 amide bonds. The van der Waals surface area contributed by atoms with E-state index in [2.05, 4.69) is 41.2 Å². The highest BCUT2D eigenvalue weighted by molar-refractivity contribution is 8.00. The highest BCUT2D eigenvalue weighted by Gasteiger charge is 2.38. The summed E-state index contributed by atoms with van der Waals surface area (Å²) >= 11 is 3.61. The molecule has 1 aromatic carbocycles. The van der Waals surface area contributed by atoms with Crippen molar-refractivity contribution in [3.63, 3.8) is 0 Å². The van der Waals surface area contributed by atoms with Gasteiger partial charge < -0.3 is 15.4 Å². The van der Waals surface area contributed by atoms with Crippen LogP contribution in [0.4, 0.5) is 10.5 Å². The Morgan fingerprint density at radius 2 is 2.08 bits per heavy atom. The monoisotopic (exact) mass is 531 g/mol. The van der Waals surface area contributed by atoms with Crippen molar-refractivity contribution in [2.24, 2.45) is 0 Å². The van der Waals surface area contributed by atoms with Crippen molar-refractivity contribution in [3.05, 3.63) is 41.3 Å². The standard InChI is InChI=1S/C27H37N3O4S2/c1-2-3-15-28-26(32)29-21-10-8-9-20(18-21)22-12-13-23(36-22)27(14-5-7-17-35-27)19-24(31)30-34-25-11-4-6-16-33-25/h8-10,12-13,18,25H,2-7,11,14-17,19H2,1H3,(H,30,31)(H2,28,29,32)/t25?,27-/m0/s1. The third kappa shape index (κ3) is 7.47. The van der Waals surface area contributed by atoms with Gasteiger partial charge in [-0.2, -0.15) is 0 Å². The molecule has 4 rings (SSSR count). The van der Waals surface area contributed by atoms with E-state index in [1.54, 1.807) is 11.3 Å². The van der Waals surface area contributed by atoms with Crippen LogP contribution in [0.1, 0.15) is 69.6 Å². The molecule has 3 heterocycles. The molecule has 0 radical (unpaired) electrons. The molecule has 2 aromatic rings. The van der Waals surface area contributed by atoms with Crippen LogP contribution in [0.5, 0.6) is 0 Å². The van der Waals surface area contributed by atoms with E-state index in [0.717, 1.165) is 66.8 Å². The van der Waals surface area contributed by atoms with Gasteiger partial charge in [-0.1, -0.05) is 31.9 Å². The number of hydrogen-bond acceptors (Lipinski definition) is 6. The number of amides is 3. The molecule has 2 atom stereocenters. The first-order valence-corrected chi connectivity index (χ1v) is 14.8. The Labute approximate surface area is 222 Å². The molecule has 2 fully saturated rings. The fourth-order valence-electron chi connectivity index (χ4n) is 4.55. The first-order valence-electron chi connectivity index (χ1n) is 13.0. The van der Waals surface area contributed by atoms with Crippen molar-refractivity contribution in [2.75, 3.05) is 24.2 Å². The number of anilines is 1. The molecule has 0 spiro atoms. The van der Waals surface area contributed by atoms with Crippen molar-refractivity contribution in [2.45, 2.75) is 75.7 Å². The minimum atomic E-state index is -0.347. The summed E-state index contributed by atoms with van der Waals surface area (Å²) in [6, 6.07) is 12.0. The first-order chi connectivity index (χ1) is 17.6. The number of rotatable bonds is 10. The number of hydroxylamine groups is 1. The number of benzene rings is 1. The van der Waals surface area contributed by atoms with Gasteiger partial charge in [-0.3, -0.25) is 4.79 Å². The highest BCUT2D eigenvalue weighted by atomic mass is 32.2. The lowest BCUT2D eigenvalue weighted by Crippen LogP contribution is -2.37. The Kier molecular flexibility index (Phi) is 10.1. The topological polar surface area (TPSA) is 88.7 Å². The first kappa shape index (κ1) is 27.0. The Morgan fingerprint density at radius 1 is 1.17 bits per heavy atom. The lowest BCUT2D eigenvalue weighted by molar-refractivity contribution is -0.200. The largest absolute Gasteiger partial charge is 0.350 e. The predicted octanol–water partition coefficient (Wildman–Crippen LogP) is 6.41. The summed E-state index contributed by atoms with van der Waals surface area (Å²) in [7, 11) is 0. The summed E-state index contributed by atoms with van der Waals surface area (Å²) < 4.78 is 5.32.